The molecule has 3 aromatic rings. The average Bonchev–Trinajstić information content (AvgIpc) is 3.19. The summed E-state index contributed by atoms with van der Waals surface area (Å²) in [6, 6.07) is 18.8. The zero-order chi connectivity index (χ0) is 18.9. The van der Waals surface area contributed by atoms with E-state index in [9.17, 15) is 0 Å². The highest BCUT2D eigenvalue weighted by molar-refractivity contribution is 7.99. The molecule has 1 heterocycles. The summed E-state index contributed by atoms with van der Waals surface area (Å²) in [5.74, 6) is 0.907. The van der Waals surface area contributed by atoms with Crippen LogP contribution in [0.25, 0.3) is 5.69 Å². The number of rotatable bonds is 10. The normalized spacial score (nSPS) is 10.5. The summed E-state index contributed by atoms with van der Waals surface area (Å²) < 4.78 is 1.77. The van der Waals surface area contributed by atoms with Crippen LogP contribution in [0.15, 0.2) is 59.8 Å². The maximum atomic E-state index is 4.12. The van der Waals surface area contributed by atoms with Crippen molar-refractivity contribution in [1.29, 1.82) is 0 Å². The Balaban J connectivity index is 0.00000280. The molecule has 0 amide bonds. The van der Waals surface area contributed by atoms with Gasteiger partial charge in [-0.3, -0.25) is 0 Å². The van der Waals surface area contributed by atoms with Crippen molar-refractivity contribution < 1.29 is 0 Å². The van der Waals surface area contributed by atoms with E-state index in [2.05, 4.69) is 63.9 Å². The zero-order valence-electron chi connectivity index (χ0n) is 16.3. The van der Waals surface area contributed by atoms with Crippen LogP contribution in [-0.2, 0) is 6.54 Å². The molecule has 3 rings (SSSR count). The highest BCUT2D eigenvalue weighted by Gasteiger charge is 2.08. The van der Waals surface area contributed by atoms with Gasteiger partial charge >= 0.3 is 0 Å². The molecule has 0 saturated carbocycles. The maximum Gasteiger partial charge on any atom is 0.214 e. The van der Waals surface area contributed by atoms with Gasteiger partial charge in [-0.25, -0.2) is 0 Å². The van der Waals surface area contributed by atoms with Gasteiger partial charge in [0, 0.05) is 37.6 Å². The van der Waals surface area contributed by atoms with E-state index >= 15 is 0 Å². The summed E-state index contributed by atoms with van der Waals surface area (Å²) in [5, 5.41) is 16.3. The Morgan fingerprint density at radius 2 is 1.71 bits per heavy atom. The Morgan fingerprint density at radius 1 is 1.00 bits per heavy atom. The minimum atomic E-state index is 0. The summed E-state index contributed by atoms with van der Waals surface area (Å²) in [6.07, 6.45) is 0. The standard InChI is InChI=1S/C20H26N6S.ClH/c1-3-25(4-2)18-12-10-17(11-13-18)16-21-14-15-27-20-22-23-24-26(20)19-8-6-5-7-9-19;/h5-13,21H,3-4,14-16H2,1-2H3;1H. The van der Waals surface area contributed by atoms with Crippen LogP contribution in [0.1, 0.15) is 19.4 Å². The predicted octanol–water partition coefficient (Wildman–Crippen LogP) is 3.81. The first-order valence-electron chi connectivity index (χ1n) is 9.33. The molecule has 0 bridgehead atoms. The van der Waals surface area contributed by atoms with Gasteiger partial charge in [0.2, 0.25) is 5.16 Å². The van der Waals surface area contributed by atoms with Gasteiger partial charge in [0.05, 0.1) is 5.69 Å². The van der Waals surface area contributed by atoms with Gasteiger partial charge in [0.1, 0.15) is 0 Å². The lowest BCUT2D eigenvalue weighted by Gasteiger charge is -2.21. The molecule has 0 aliphatic carbocycles. The third-order valence-corrected chi connectivity index (χ3v) is 5.27. The molecular weight excluding hydrogens is 392 g/mol. The highest BCUT2D eigenvalue weighted by atomic mass is 35.5. The fourth-order valence-electron chi connectivity index (χ4n) is 2.86. The molecule has 0 unspecified atom stereocenters. The summed E-state index contributed by atoms with van der Waals surface area (Å²) in [6.45, 7) is 8.20. The van der Waals surface area contributed by atoms with Crippen LogP contribution in [0, 0.1) is 0 Å². The van der Waals surface area contributed by atoms with E-state index in [-0.39, 0.29) is 12.4 Å². The molecule has 0 aliphatic heterocycles. The number of aromatic nitrogens is 4. The van der Waals surface area contributed by atoms with Crippen molar-refractivity contribution in [3.05, 3.63) is 60.2 Å². The van der Waals surface area contributed by atoms with E-state index in [1.54, 1.807) is 16.4 Å². The Hall–Kier alpha value is -2.09. The average molecular weight is 419 g/mol. The first-order valence-corrected chi connectivity index (χ1v) is 10.3. The summed E-state index contributed by atoms with van der Waals surface area (Å²) in [4.78, 5) is 2.35. The number of tetrazole rings is 1. The van der Waals surface area contributed by atoms with Crippen molar-refractivity contribution in [3.63, 3.8) is 0 Å². The third-order valence-electron chi connectivity index (χ3n) is 4.35. The maximum absolute atomic E-state index is 4.12. The van der Waals surface area contributed by atoms with Crippen molar-refractivity contribution in [1.82, 2.24) is 25.5 Å². The molecule has 2 aromatic carbocycles. The van der Waals surface area contributed by atoms with Crippen LogP contribution < -0.4 is 10.2 Å². The number of para-hydroxylation sites is 1. The van der Waals surface area contributed by atoms with Crippen LogP contribution in [0.5, 0.6) is 0 Å². The minimum absolute atomic E-state index is 0. The molecule has 6 nitrogen and oxygen atoms in total. The quantitative estimate of drug-likeness (QED) is 0.399. The number of hydrogen-bond donors (Lipinski definition) is 1. The van der Waals surface area contributed by atoms with Gasteiger partial charge in [-0.15, -0.1) is 17.5 Å². The van der Waals surface area contributed by atoms with E-state index in [1.165, 1.54) is 11.3 Å². The molecule has 0 fully saturated rings. The van der Waals surface area contributed by atoms with Crippen molar-refractivity contribution in [3.8, 4) is 5.69 Å². The van der Waals surface area contributed by atoms with E-state index in [4.69, 9.17) is 0 Å². The number of benzene rings is 2. The Bertz CT molecular complexity index is 805. The molecule has 1 aromatic heterocycles. The summed E-state index contributed by atoms with van der Waals surface area (Å²) in [7, 11) is 0. The smallest absolute Gasteiger partial charge is 0.214 e. The van der Waals surface area contributed by atoms with Gasteiger partial charge in [0.25, 0.3) is 0 Å². The molecule has 0 spiro atoms. The molecule has 8 heteroatoms. The first-order chi connectivity index (χ1) is 13.3. The summed E-state index contributed by atoms with van der Waals surface area (Å²) in [5.41, 5.74) is 3.56. The van der Waals surface area contributed by atoms with Crippen LogP contribution in [0.4, 0.5) is 5.69 Å². The Kier molecular flexibility index (Phi) is 9.27. The fraction of sp³-hybridized carbons (Fsp3) is 0.350. The zero-order valence-corrected chi connectivity index (χ0v) is 17.9. The van der Waals surface area contributed by atoms with E-state index < -0.39 is 0 Å². The van der Waals surface area contributed by atoms with Gasteiger partial charge in [0.15, 0.2) is 0 Å². The molecular formula is C20H27ClN6S. The summed E-state index contributed by atoms with van der Waals surface area (Å²) >= 11 is 1.65. The SMILES string of the molecule is CCN(CC)c1ccc(CNCCSc2nnnn2-c2ccccc2)cc1.Cl. The topological polar surface area (TPSA) is 58.9 Å². The number of nitrogens with one attached hydrogen (secondary N) is 1. The number of anilines is 1. The largest absolute Gasteiger partial charge is 0.372 e. The van der Waals surface area contributed by atoms with Gasteiger partial charge in [-0.2, -0.15) is 4.68 Å². The van der Waals surface area contributed by atoms with Crippen molar-refractivity contribution in [2.45, 2.75) is 25.5 Å². The predicted molar refractivity (Wildman–Crippen MR) is 119 cm³/mol. The van der Waals surface area contributed by atoms with Crippen LogP contribution in [0.3, 0.4) is 0 Å². The number of thioether (sulfide) groups is 1. The lowest BCUT2D eigenvalue weighted by molar-refractivity contribution is 0.727. The lowest BCUT2D eigenvalue weighted by Crippen LogP contribution is -2.21. The van der Waals surface area contributed by atoms with Crippen LogP contribution >= 0.6 is 24.2 Å². The van der Waals surface area contributed by atoms with Crippen molar-refractivity contribution in [2.24, 2.45) is 0 Å². The van der Waals surface area contributed by atoms with E-state index in [0.29, 0.717) is 0 Å². The minimum Gasteiger partial charge on any atom is -0.372 e. The second-order valence-corrected chi connectivity index (χ2v) is 7.13. The number of halogens is 1. The molecule has 28 heavy (non-hydrogen) atoms. The van der Waals surface area contributed by atoms with E-state index in [1.807, 2.05) is 30.3 Å². The van der Waals surface area contributed by atoms with Gasteiger partial charge < -0.3 is 10.2 Å². The van der Waals surface area contributed by atoms with Crippen LogP contribution in [0.2, 0.25) is 0 Å². The number of nitrogens with zero attached hydrogens (tertiary/aromatic N) is 5. The second-order valence-electron chi connectivity index (χ2n) is 6.07. The molecule has 0 atom stereocenters. The highest BCUT2D eigenvalue weighted by Crippen LogP contribution is 2.17. The fourth-order valence-corrected chi connectivity index (χ4v) is 3.65. The molecule has 150 valence electrons. The van der Waals surface area contributed by atoms with E-state index in [0.717, 1.165) is 42.8 Å². The second kappa shape index (κ2) is 11.7. The lowest BCUT2D eigenvalue weighted by atomic mass is 10.2. The Labute approximate surface area is 177 Å². The molecule has 0 aliphatic rings. The van der Waals surface area contributed by atoms with Gasteiger partial charge in [-0.1, -0.05) is 42.1 Å². The molecule has 1 N–H and O–H groups in total. The first kappa shape index (κ1) is 22.2. The van der Waals surface area contributed by atoms with Crippen molar-refractivity contribution >= 4 is 29.9 Å². The monoisotopic (exact) mass is 418 g/mol. The molecule has 0 saturated heterocycles. The Morgan fingerprint density at radius 3 is 2.39 bits per heavy atom. The number of hydrogen-bond acceptors (Lipinski definition) is 6. The van der Waals surface area contributed by atoms with Gasteiger partial charge in [-0.05, 0) is 54.1 Å². The van der Waals surface area contributed by atoms with Crippen molar-refractivity contribution in [2.75, 3.05) is 30.3 Å². The van der Waals surface area contributed by atoms with Crippen LogP contribution in [-0.4, -0.2) is 45.6 Å². The third kappa shape index (κ3) is 5.95. The molecule has 0 radical (unpaired) electrons.